The number of halogens is 1. The van der Waals surface area contributed by atoms with Crippen LogP contribution in [0.1, 0.15) is 18.4 Å². The van der Waals surface area contributed by atoms with Gasteiger partial charge in [0.1, 0.15) is 4.99 Å². The number of benzene rings is 1. The Morgan fingerprint density at radius 1 is 1.40 bits per heavy atom. The van der Waals surface area contributed by atoms with E-state index in [0.29, 0.717) is 22.5 Å². The smallest absolute Gasteiger partial charge is 0.223 e. The third-order valence-electron chi connectivity index (χ3n) is 4.07. The van der Waals surface area contributed by atoms with E-state index in [9.17, 15) is 4.79 Å². The summed E-state index contributed by atoms with van der Waals surface area (Å²) >= 11 is 11.3. The molecule has 0 aliphatic carbocycles. The van der Waals surface area contributed by atoms with Crippen molar-refractivity contribution in [1.29, 1.82) is 0 Å². The first-order valence-corrected chi connectivity index (χ1v) is 7.49. The molecule has 6 heteroatoms. The minimum absolute atomic E-state index is 0.273. The molecular formula is C14H16ClN3OS. The van der Waals surface area contributed by atoms with E-state index in [-0.39, 0.29) is 5.91 Å². The molecule has 1 amide bonds. The lowest BCUT2D eigenvalue weighted by molar-refractivity contribution is -0.129. The maximum absolute atomic E-state index is 11.7. The van der Waals surface area contributed by atoms with Crippen LogP contribution in [0.3, 0.4) is 0 Å². The minimum atomic E-state index is 0.273. The Hall–Kier alpha value is -1.33. The molecule has 2 aliphatic rings. The molecule has 0 bridgehead atoms. The van der Waals surface area contributed by atoms with Crippen molar-refractivity contribution in [1.82, 2.24) is 4.90 Å². The van der Waals surface area contributed by atoms with Crippen LogP contribution in [0.25, 0.3) is 0 Å². The van der Waals surface area contributed by atoms with E-state index < -0.39 is 0 Å². The van der Waals surface area contributed by atoms with Crippen LogP contribution in [0.4, 0.5) is 5.69 Å². The second-order valence-corrected chi connectivity index (χ2v) is 6.07. The summed E-state index contributed by atoms with van der Waals surface area (Å²) in [6, 6.07) is 6.00. The zero-order valence-corrected chi connectivity index (χ0v) is 12.6. The van der Waals surface area contributed by atoms with E-state index in [2.05, 4.69) is 4.90 Å². The molecule has 20 heavy (non-hydrogen) atoms. The van der Waals surface area contributed by atoms with Gasteiger partial charge in [0.15, 0.2) is 0 Å². The SMILES string of the molecule is NC(=S)c1c(Cl)cccc1N1CCN2C(=O)CCC2C1. The number of hydrogen-bond donors (Lipinski definition) is 1. The zero-order valence-electron chi connectivity index (χ0n) is 11.0. The first-order chi connectivity index (χ1) is 9.58. The van der Waals surface area contributed by atoms with Gasteiger partial charge >= 0.3 is 0 Å². The summed E-state index contributed by atoms with van der Waals surface area (Å²) < 4.78 is 0. The fourth-order valence-corrected chi connectivity index (χ4v) is 3.65. The van der Waals surface area contributed by atoms with Gasteiger partial charge in [-0.15, -0.1) is 0 Å². The standard InChI is InChI=1S/C14H16ClN3OS/c15-10-2-1-3-11(13(10)14(16)20)17-6-7-18-9(8-17)4-5-12(18)19/h1-3,9H,4-8H2,(H2,16,20). The Labute approximate surface area is 128 Å². The average Bonchev–Trinajstić information content (AvgIpc) is 2.79. The number of nitrogens with zero attached hydrogens (tertiary/aromatic N) is 2. The third kappa shape index (κ3) is 2.25. The predicted molar refractivity (Wildman–Crippen MR) is 84.3 cm³/mol. The summed E-state index contributed by atoms with van der Waals surface area (Å²) in [7, 11) is 0. The van der Waals surface area contributed by atoms with Crippen molar-refractivity contribution < 1.29 is 4.79 Å². The molecule has 3 rings (SSSR count). The highest BCUT2D eigenvalue weighted by Gasteiger charge is 2.36. The van der Waals surface area contributed by atoms with Crippen LogP contribution in [0, 0.1) is 0 Å². The van der Waals surface area contributed by atoms with Gasteiger partial charge in [-0.2, -0.15) is 0 Å². The summed E-state index contributed by atoms with van der Waals surface area (Å²) in [4.78, 5) is 16.3. The minimum Gasteiger partial charge on any atom is -0.389 e. The van der Waals surface area contributed by atoms with E-state index in [1.165, 1.54) is 0 Å². The molecule has 2 fully saturated rings. The number of hydrogen-bond acceptors (Lipinski definition) is 3. The van der Waals surface area contributed by atoms with Gasteiger partial charge in [-0.25, -0.2) is 0 Å². The Kier molecular flexibility index (Phi) is 3.56. The molecule has 1 atom stereocenters. The fraction of sp³-hybridized carbons (Fsp3) is 0.429. The molecule has 0 saturated carbocycles. The number of thiocarbonyl (C=S) groups is 1. The van der Waals surface area contributed by atoms with Gasteiger partial charge in [0, 0.05) is 37.8 Å². The molecule has 1 aromatic rings. The van der Waals surface area contributed by atoms with Crippen molar-refractivity contribution in [3.63, 3.8) is 0 Å². The Bertz CT molecular complexity index is 578. The van der Waals surface area contributed by atoms with E-state index in [0.717, 1.165) is 37.3 Å². The van der Waals surface area contributed by atoms with Gasteiger partial charge in [0.2, 0.25) is 5.91 Å². The van der Waals surface area contributed by atoms with Gasteiger partial charge < -0.3 is 15.5 Å². The van der Waals surface area contributed by atoms with Crippen molar-refractivity contribution in [2.75, 3.05) is 24.5 Å². The number of fused-ring (bicyclic) bond motifs is 1. The number of nitrogens with two attached hydrogens (primary N) is 1. The molecule has 2 aliphatic heterocycles. The highest BCUT2D eigenvalue weighted by molar-refractivity contribution is 7.80. The van der Waals surface area contributed by atoms with E-state index in [1.807, 2.05) is 17.0 Å². The van der Waals surface area contributed by atoms with Crippen LogP contribution < -0.4 is 10.6 Å². The second-order valence-electron chi connectivity index (χ2n) is 5.22. The van der Waals surface area contributed by atoms with Gasteiger partial charge in [-0.1, -0.05) is 29.9 Å². The van der Waals surface area contributed by atoms with Crippen molar-refractivity contribution in [3.05, 3.63) is 28.8 Å². The van der Waals surface area contributed by atoms with Crippen molar-refractivity contribution in [2.24, 2.45) is 5.73 Å². The lowest BCUT2D eigenvalue weighted by Gasteiger charge is -2.39. The molecule has 1 unspecified atom stereocenters. The number of amides is 1. The van der Waals surface area contributed by atoms with Crippen LogP contribution in [-0.4, -0.2) is 41.5 Å². The summed E-state index contributed by atoms with van der Waals surface area (Å²) in [5, 5.41) is 0.583. The van der Waals surface area contributed by atoms with Gasteiger partial charge in [0.05, 0.1) is 10.6 Å². The van der Waals surface area contributed by atoms with Gasteiger partial charge in [-0.3, -0.25) is 4.79 Å². The van der Waals surface area contributed by atoms with Crippen LogP contribution in [0.2, 0.25) is 5.02 Å². The lowest BCUT2D eigenvalue weighted by Crippen LogP contribution is -2.51. The fourth-order valence-electron chi connectivity index (χ4n) is 3.10. The van der Waals surface area contributed by atoms with Crippen LogP contribution in [0.5, 0.6) is 0 Å². The normalized spacial score (nSPS) is 22.1. The highest BCUT2D eigenvalue weighted by atomic mass is 35.5. The van der Waals surface area contributed by atoms with Crippen molar-refractivity contribution in [2.45, 2.75) is 18.9 Å². The molecular weight excluding hydrogens is 294 g/mol. The van der Waals surface area contributed by atoms with E-state index in [1.54, 1.807) is 6.07 Å². The topological polar surface area (TPSA) is 49.6 Å². The largest absolute Gasteiger partial charge is 0.389 e. The number of piperazine rings is 1. The van der Waals surface area contributed by atoms with E-state index >= 15 is 0 Å². The quantitative estimate of drug-likeness (QED) is 0.846. The van der Waals surface area contributed by atoms with Gasteiger partial charge in [0.25, 0.3) is 0 Å². The Morgan fingerprint density at radius 3 is 2.95 bits per heavy atom. The maximum atomic E-state index is 11.7. The second kappa shape index (κ2) is 5.22. The molecule has 2 N–H and O–H groups in total. The van der Waals surface area contributed by atoms with E-state index in [4.69, 9.17) is 29.6 Å². The molecule has 0 spiro atoms. The predicted octanol–water partition coefficient (Wildman–Crippen LogP) is 1.79. The number of carbonyl (C=O) groups excluding carboxylic acids is 1. The first-order valence-electron chi connectivity index (χ1n) is 6.70. The molecule has 2 heterocycles. The summed E-state index contributed by atoms with van der Waals surface area (Å²) in [6.07, 6.45) is 1.59. The molecule has 0 aromatic heterocycles. The summed E-state index contributed by atoms with van der Waals surface area (Å²) in [6.45, 7) is 2.37. The number of anilines is 1. The first kappa shape index (κ1) is 13.6. The van der Waals surface area contributed by atoms with Crippen LogP contribution >= 0.6 is 23.8 Å². The lowest BCUT2D eigenvalue weighted by atomic mass is 10.1. The van der Waals surface area contributed by atoms with Crippen LogP contribution in [0.15, 0.2) is 18.2 Å². The zero-order chi connectivity index (χ0) is 14.3. The number of carbonyl (C=O) groups is 1. The average molecular weight is 310 g/mol. The molecule has 0 radical (unpaired) electrons. The summed E-state index contributed by atoms with van der Waals surface area (Å²) in [5.74, 6) is 0.273. The third-order valence-corrected chi connectivity index (χ3v) is 4.59. The van der Waals surface area contributed by atoms with Crippen molar-refractivity contribution in [3.8, 4) is 0 Å². The highest BCUT2D eigenvalue weighted by Crippen LogP contribution is 2.31. The Balaban J connectivity index is 1.89. The number of rotatable bonds is 2. The van der Waals surface area contributed by atoms with Crippen LogP contribution in [-0.2, 0) is 4.79 Å². The molecule has 106 valence electrons. The maximum Gasteiger partial charge on any atom is 0.223 e. The van der Waals surface area contributed by atoms with Gasteiger partial charge in [-0.05, 0) is 18.6 Å². The Morgan fingerprint density at radius 2 is 2.20 bits per heavy atom. The van der Waals surface area contributed by atoms with Crippen molar-refractivity contribution >= 4 is 40.4 Å². The molecule has 2 saturated heterocycles. The molecule has 1 aromatic carbocycles. The monoisotopic (exact) mass is 309 g/mol. The molecule has 4 nitrogen and oxygen atoms in total. The summed E-state index contributed by atoms with van der Waals surface area (Å²) in [5.41, 5.74) is 7.52.